The molecule has 0 spiro atoms. The number of aromatic nitrogens is 2. The molecule has 0 aliphatic carbocycles. The fourth-order valence-corrected chi connectivity index (χ4v) is 5.09. The number of nitrogens with zero attached hydrogens (tertiary/aromatic N) is 3. The summed E-state index contributed by atoms with van der Waals surface area (Å²) in [5.74, 6) is 0.163. The highest BCUT2D eigenvalue weighted by Gasteiger charge is 2.29. The van der Waals surface area contributed by atoms with E-state index in [-0.39, 0.29) is 11.2 Å². The molecule has 2 heterocycles. The quantitative estimate of drug-likeness (QED) is 0.610. The van der Waals surface area contributed by atoms with Crippen molar-refractivity contribution < 1.29 is 4.79 Å². The molecule has 7 heteroatoms. The number of anilines is 2. The van der Waals surface area contributed by atoms with E-state index >= 15 is 0 Å². The maximum Gasteiger partial charge on any atom is 0.240 e. The molecule has 5 nitrogen and oxygen atoms in total. The van der Waals surface area contributed by atoms with Gasteiger partial charge in [-0.15, -0.1) is 10.2 Å². The minimum Gasteiger partial charge on any atom is -0.341 e. The van der Waals surface area contributed by atoms with E-state index in [1.165, 1.54) is 23.1 Å². The van der Waals surface area contributed by atoms with Crippen molar-refractivity contribution in [2.75, 3.05) is 18.4 Å². The third-order valence-corrected chi connectivity index (χ3v) is 6.56. The molecular weight excluding hydrogens is 376 g/mol. The van der Waals surface area contributed by atoms with Gasteiger partial charge in [-0.1, -0.05) is 71.6 Å². The molecule has 0 bridgehead atoms. The number of carbonyl (C=O) groups is 1. The van der Waals surface area contributed by atoms with Crippen molar-refractivity contribution in [1.82, 2.24) is 15.1 Å². The van der Waals surface area contributed by atoms with Crippen molar-refractivity contribution in [3.8, 4) is 0 Å². The second kappa shape index (κ2) is 8.54. The van der Waals surface area contributed by atoms with Crippen LogP contribution in [0.4, 0.5) is 10.8 Å². The Bertz CT molecular complexity index is 879. The number of hydrogen-bond acceptors (Lipinski definition) is 6. The average Bonchev–Trinajstić information content (AvgIpc) is 3.39. The number of para-hydroxylation sites is 1. The lowest BCUT2D eigenvalue weighted by Crippen LogP contribution is -2.31. The second-order valence-corrected chi connectivity index (χ2v) is 8.63. The molecule has 3 aromatic rings. The molecule has 138 valence electrons. The number of amides is 1. The summed E-state index contributed by atoms with van der Waals surface area (Å²) in [6.45, 7) is 1.69. The van der Waals surface area contributed by atoms with Gasteiger partial charge in [-0.05, 0) is 30.5 Å². The second-order valence-electron chi connectivity index (χ2n) is 6.31. The van der Waals surface area contributed by atoms with Gasteiger partial charge in [0.25, 0.3) is 0 Å². The first-order valence-corrected chi connectivity index (χ1v) is 10.7. The number of thioether (sulfide) groups is 1. The van der Waals surface area contributed by atoms with Crippen LogP contribution in [0.1, 0.15) is 23.7 Å². The number of nitrogens with one attached hydrogen (secondary N) is 1. The van der Waals surface area contributed by atoms with Gasteiger partial charge in [0.1, 0.15) is 5.25 Å². The van der Waals surface area contributed by atoms with Gasteiger partial charge in [0, 0.05) is 18.8 Å². The summed E-state index contributed by atoms with van der Waals surface area (Å²) in [5, 5.41) is 12.2. The number of carbonyl (C=O) groups excluding carboxylic acids is 1. The average molecular weight is 397 g/mol. The SMILES string of the molecule is O=C([C@@H](Sc1nnc(Nc2ccccc2)s1)c1ccccc1)N1CCCC1. The van der Waals surface area contributed by atoms with E-state index in [0.717, 1.165) is 46.7 Å². The topological polar surface area (TPSA) is 58.1 Å². The first-order chi connectivity index (χ1) is 13.3. The first-order valence-electron chi connectivity index (χ1n) is 8.95. The van der Waals surface area contributed by atoms with Crippen LogP contribution in [0, 0.1) is 0 Å². The van der Waals surface area contributed by atoms with Crippen LogP contribution < -0.4 is 5.32 Å². The molecule has 1 amide bonds. The molecule has 1 aliphatic rings. The Morgan fingerprint density at radius 1 is 1.00 bits per heavy atom. The lowest BCUT2D eigenvalue weighted by atomic mass is 10.1. The standard InChI is InChI=1S/C20H20N4OS2/c25-18(24-13-7-8-14-24)17(15-9-3-1-4-10-15)26-20-23-22-19(27-20)21-16-11-5-2-6-12-16/h1-6,9-12,17H,7-8,13-14H2,(H,21,22)/t17-/m0/s1. The van der Waals surface area contributed by atoms with Gasteiger partial charge in [0.2, 0.25) is 11.0 Å². The van der Waals surface area contributed by atoms with Crippen LogP contribution in [0.2, 0.25) is 0 Å². The summed E-state index contributed by atoms with van der Waals surface area (Å²) >= 11 is 2.95. The zero-order chi connectivity index (χ0) is 18.5. The van der Waals surface area contributed by atoms with Crippen molar-refractivity contribution >= 4 is 39.8 Å². The highest BCUT2D eigenvalue weighted by Crippen LogP contribution is 2.39. The molecule has 4 rings (SSSR count). The van der Waals surface area contributed by atoms with Gasteiger partial charge >= 0.3 is 0 Å². The van der Waals surface area contributed by atoms with Gasteiger partial charge in [-0.2, -0.15) is 0 Å². The number of likely N-dealkylation sites (tertiary alicyclic amines) is 1. The molecule has 1 aliphatic heterocycles. The van der Waals surface area contributed by atoms with E-state index in [2.05, 4.69) is 15.5 Å². The van der Waals surface area contributed by atoms with E-state index in [9.17, 15) is 4.79 Å². The van der Waals surface area contributed by atoms with Crippen LogP contribution in [0.5, 0.6) is 0 Å². The van der Waals surface area contributed by atoms with E-state index < -0.39 is 0 Å². The molecule has 0 radical (unpaired) electrons. The molecule has 27 heavy (non-hydrogen) atoms. The molecule has 2 aromatic carbocycles. The molecule has 1 fully saturated rings. The number of hydrogen-bond donors (Lipinski definition) is 1. The van der Waals surface area contributed by atoms with Gasteiger partial charge in [0.15, 0.2) is 4.34 Å². The number of rotatable bonds is 6. The Hall–Kier alpha value is -2.38. The third-order valence-electron chi connectivity index (χ3n) is 4.39. The maximum atomic E-state index is 13.1. The van der Waals surface area contributed by atoms with Crippen LogP contribution >= 0.6 is 23.1 Å². The van der Waals surface area contributed by atoms with Crippen molar-refractivity contribution in [3.63, 3.8) is 0 Å². The Morgan fingerprint density at radius 3 is 2.37 bits per heavy atom. The molecule has 1 aromatic heterocycles. The molecule has 1 atom stereocenters. The summed E-state index contributed by atoms with van der Waals surface area (Å²) in [7, 11) is 0. The molecule has 0 unspecified atom stereocenters. The Balaban J connectivity index is 1.52. The predicted molar refractivity (Wildman–Crippen MR) is 110 cm³/mol. The lowest BCUT2D eigenvalue weighted by molar-refractivity contribution is -0.129. The molecule has 1 N–H and O–H groups in total. The highest BCUT2D eigenvalue weighted by molar-refractivity contribution is 8.01. The highest BCUT2D eigenvalue weighted by atomic mass is 32.2. The van der Waals surface area contributed by atoms with Crippen molar-refractivity contribution in [3.05, 3.63) is 66.2 Å². The van der Waals surface area contributed by atoms with E-state index in [0.29, 0.717) is 0 Å². The smallest absolute Gasteiger partial charge is 0.240 e. The van der Waals surface area contributed by atoms with Gasteiger partial charge in [-0.25, -0.2) is 0 Å². The van der Waals surface area contributed by atoms with E-state index in [4.69, 9.17) is 0 Å². The van der Waals surface area contributed by atoms with Crippen molar-refractivity contribution in [2.24, 2.45) is 0 Å². The van der Waals surface area contributed by atoms with Gasteiger partial charge < -0.3 is 10.2 Å². The predicted octanol–water partition coefficient (Wildman–Crippen LogP) is 4.74. The molecule has 0 saturated carbocycles. The van der Waals surface area contributed by atoms with Gasteiger partial charge in [-0.3, -0.25) is 4.79 Å². The summed E-state index contributed by atoms with van der Waals surface area (Å²) in [4.78, 5) is 15.1. The van der Waals surface area contributed by atoms with Crippen LogP contribution in [-0.2, 0) is 4.79 Å². The zero-order valence-corrected chi connectivity index (χ0v) is 16.4. The largest absolute Gasteiger partial charge is 0.341 e. The number of benzene rings is 2. The molecule has 1 saturated heterocycles. The normalized spacial score (nSPS) is 14.9. The van der Waals surface area contributed by atoms with Crippen LogP contribution in [0.25, 0.3) is 0 Å². The molecular formula is C20H20N4OS2. The minimum atomic E-state index is -0.290. The summed E-state index contributed by atoms with van der Waals surface area (Å²) in [6.07, 6.45) is 2.17. The lowest BCUT2D eigenvalue weighted by Gasteiger charge is -2.22. The monoisotopic (exact) mass is 396 g/mol. The summed E-state index contributed by atoms with van der Waals surface area (Å²) in [5.41, 5.74) is 1.98. The fourth-order valence-electron chi connectivity index (χ4n) is 3.05. The maximum absolute atomic E-state index is 13.1. The summed E-state index contributed by atoms with van der Waals surface area (Å²) < 4.78 is 0.787. The Kier molecular flexibility index (Phi) is 5.69. The van der Waals surface area contributed by atoms with Crippen LogP contribution in [-0.4, -0.2) is 34.1 Å². The van der Waals surface area contributed by atoms with Crippen molar-refractivity contribution in [2.45, 2.75) is 22.4 Å². The third kappa shape index (κ3) is 4.48. The Morgan fingerprint density at radius 2 is 1.67 bits per heavy atom. The van der Waals surface area contributed by atoms with Crippen molar-refractivity contribution in [1.29, 1.82) is 0 Å². The van der Waals surface area contributed by atoms with Crippen LogP contribution in [0.3, 0.4) is 0 Å². The van der Waals surface area contributed by atoms with Gasteiger partial charge in [0.05, 0.1) is 0 Å². The fraction of sp³-hybridized carbons (Fsp3) is 0.250. The van der Waals surface area contributed by atoms with E-state index in [1.807, 2.05) is 65.6 Å². The first kappa shape index (κ1) is 18.0. The minimum absolute atomic E-state index is 0.163. The summed E-state index contributed by atoms with van der Waals surface area (Å²) in [6, 6.07) is 19.8. The zero-order valence-electron chi connectivity index (χ0n) is 14.7. The Labute approximate surface area is 166 Å². The van der Waals surface area contributed by atoms with Crippen LogP contribution in [0.15, 0.2) is 65.0 Å². The van der Waals surface area contributed by atoms with E-state index in [1.54, 1.807) is 0 Å².